The molecule has 0 aliphatic carbocycles. The molecule has 0 amide bonds. The van der Waals surface area contributed by atoms with Crippen LogP contribution in [0.15, 0.2) is 6.07 Å². The number of nitrogens with one attached hydrogen (secondary N) is 1. The van der Waals surface area contributed by atoms with Crippen LogP contribution >= 0.6 is 0 Å². The van der Waals surface area contributed by atoms with Gasteiger partial charge in [0.2, 0.25) is 0 Å². The first-order valence-corrected chi connectivity index (χ1v) is 4.78. The summed E-state index contributed by atoms with van der Waals surface area (Å²) in [6, 6.07) is 2.55. The second-order valence-electron chi connectivity index (χ2n) is 3.97. The second-order valence-corrected chi connectivity index (χ2v) is 3.97. The molecule has 1 aromatic heterocycles. The van der Waals surface area contributed by atoms with Crippen molar-refractivity contribution in [1.29, 1.82) is 0 Å². The Morgan fingerprint density at radius 2 is 2.00 bits per heavy atom. The van der Waals surface area contributed by atoms with Crippen LogP contribution in [0.25, 0.3) is 0 Å². The first-order chi connectivity index (χ1) is 6.00. The zero-order valence-corrected chi connectivity index (χ0v) is 9.13. The topological polar surface area (TPSA) is 29.9 Å². The van der Waals surface area contributed by atoms with E-state index in [1.54, 1.807) is 0 Å². The Labute approximate surface area is 80.1 Å². The molecule has 0 saturated carbocycles. The summed E-state index contributed by atoms with van der Waals surface area (Å²) in [4.78, 5) is 0. The molecule has 0 radical (unpaired) electrons. The predicted octanol–water partition coefficient (Wildman–Crippen LogP) is 2.18. The van der Waals surface area contributed by atoms with Gasteiger partial charge in [0.15, 0.2) is 0 Å². The molecule has 0 aliphatic rings. The van der Waals surface area contributed by atoms with Gasteiger partial charge in [-0.15, -0.1) is 0 Å². The molecule has 0 bridgehead atoms. The first kappa shape index (κ1) is 10.1. The van der Waals surface area contributed by atoms with E-state index in [2.05, 4.69) is 37.3 Å². The van der Waals surface area contributed by atoms with Crippen molar-refractivity contribution in [3.8, 4) is 0 Å². The van der Waals surface area contributed by atoms with Gasteiger partial charge in [0.25, 0.3) is 0 Å². The molecule has 3 nitrogen and oxygen atoms in total. The van der Waals surface area contributed by atoms with Crippen molar-refractivity contribution in [3.63, 3.8) is 0 Å². The minimum absolute atomic E-state index is 0.481. The van der Waals surface area contributed by atoms with Crippen LogP contribution < -0.4 is 5.32 Å². The Balaban J connectivity index is 2.68. The molecule has 3 heteroatoms. The van der Waals surface area contributed by atoms with Gasteiger partial charge in [-0.25, -0.2) is 0 Å². The van der Waals surface area contributed by atoms with Crippen molar-refractivity contribution in [3.05, 3.63) is 11.8 Å². The van der Waals surface area contributed by atoms with Gasteiger partial charge in [0.05, 0.1) is 5.69 Å². The van der Waals surface area contributed by atoms with E-state index >= 15 is 0 Å². The summed E-state index contributed by atoms with van der Waals surface area (Å²) in [7, 11) is 1.96. The summed E-state index contributed by atoms with van der Waals surface area (Å²) in [6.45, 7) is 8.61. The standard InChI is InChI=1S/C10H19N3/c1-7(2)9(4)11-10-6-8(3)12-13(10)5/h6-7,9,11H,1-5H3. The number of rotatable bonds is 3. The van der Waals surface area contributed by atoms with Crippen LogP contribution in [-0.4, -0.2) is 15.8 Å². The lowest BCUT2D eigenvalue weighted by molar-refractivity contribution is 0.553. The molecular formula is C10H19N3. The zero-order valence-electron chi connectivity index (χ0n) is 9.13. The van der Waals surface area contributed by atoms with Crippen LogP contribution in [0, 0.1) is 12.8 Å². The van der Waals surface area contributed by atoms with Gasteiger partial charge in [-0.1, -0.05) is 13.8 Å². The molecule has 0 saturated heterocycles. The van der Waals surface area contributed by atoms with E-state index < -0.39 is 0 Å². The molecule has 1 rings (SSSR count). The lowest BCUT2D eigenvalue weighted by atomic mass is 10.1. The fraction of sp³-hybridized carbons (Fsp3) is 0.700. The molecule has 74 valence electrons. The smallest absolute Gasteiger partial charge is 0.124 e. The van der Waals surface area contributed by atoms with Crippen molar-refractivity contribution >= 4 is 5.82 Å². The highest BCUT2D eigenvalue weighted by molar-refractivity contribution is 5.37. The second kappa shape index (κ2) is 3.81. The third-order valence-corrected chi connectivity index (χ3v) is 2.38. The van der Waals surface area contributed by atoms with E-state index in [-0.39, 0.29) is 0 Å². The summed E-state index contributed by atoms with van der Waals surface area (Å²) in [5.74, 6) is 1.73. The molecule has 0 aromatic carbocycles. The number of hydrogen-bond acceptors (Lipinski definition) is 2. The van der Waals surface area contributed by atoms with E-state index in [1.165, 1.54) is 0 Å². The number of nitrogens with zero attached hydrogens (tertiary/aromatic N) is 2. The zero-order chi connectivity index (χ0) is 10.0. The van der Waals surface area contributed by atoms with Crippen LogP contribution in [0.2, 0.25) is 0 Å². The summed E-state index contributed by atoms with van der Waals surface area (Å²) in [5, 5.41) is 7.71. The maximum atomic E-state index is 4.28. The minimum Gasteiger partial charge on any atom is -0.368 e. The summed E-state index contributed by atoms with van der Waals surface area (Å²) < 4.78 is 1.88. The van der Waals surface area contributed by atoms with Gasteiger partial charge in [0, 0.05) is 19.2 Å². The van der Waals surface area contributed by atoms with Crippen LogP contribution in [0.5, 0.6) is 0 Å². The highest BCUT2D eigenvalue weighted by Crippen LogP contribution is 2.12. The molecule has 1 atom stereocenters. The fourth-order valence-corrected chi connectivity index (χ4v) is 1.15. The normalized spacial score (nSPS) is 13.4. The Morgan fingerprint density at radius 1 is 1.38 bits per heavy atom. The van der Waals surface area contributed by atoms with Gasteiger partial charge < -0.3 is 5.32 Å². The summed E-state index contributed by atoms with van der Waals surface area (Å²) in [5.41, 5.74) is 1.06. The highest BCUT2D eigenvalue weighted by Gasteiger charge is 2.09. The molecule has 1 N–H and O–H groups in total. The van der Waals surface area contributed by atoms with E-state index in [9.17, 15) is 0 Å². The number of aromatic nitrogens is 2. The SMILES string of the molecule is Cc1cc(NC(C)C(C)C)n(C)n1. The lowest BCUT2D eigenvalue weighted by Crippen LogP contribution is -2.22. The van der Waals surface area contributed by atoms with Gasteiger partial charge in [0.1, 0.15) is 5.82 Å². The largest absolute Gasteiger partial charge is 0.368 e. The third-order valence-electron chi connectivity index (χ3n) is 2.38. The molecule has 13 heavy (non-hydrogen) atoms. The summed E-state index contributed by atoms with van der Waals surface area (Å²) >= 11 is 0. The maximum Gasteiger partial charge on any atom is 0.124 e. The van der Waals surface area contributed by atoms with Crippen LogP contribution in [-0.2, 0) is 7.05 Å². The van der Waals surface area contributed by atoms with Gasteiger partial charge in [-0.2, -0.15) is 5.10 Å². The predicted molar refractivity (Wildman–Crippen MR) is 55.9 cm³/mol. The molecule has 1 aromatic rings. The number of anilines is 1. The Kier molecular flexibility index (Phi) is 2.96. The molecule has 0 fully saturated rings. The maximum absolute atomic E-state index is 4.28. The fourth-order valence-electron chi connectivity index (χ4n) is 1.15. The van der Waals surface area contributed by atoms with Crippen molar-refractivity contribution in [2.45, 2.75) is 33.7 Å². The number of hydrogen-bond donors (Lipinski definition) is 1. The quantitative estimate of drug-likeness (QED) is 0.774. The van der Waals surface area contributed by atoms with Crippen molar-refractivity contribution < 1.29 is 0 Å². The minimum atomic E-state index is 0.481. The van der Waals surface area contributed by atoms with Crippen molar-refractivity contribution in [2.75, 3.05) is 5.32 Å². The van der Waals surface area contributed by atoms with Gasteiger partial charge in [-0.3, -0.25) is 4.68 Å². The van der Waals surface area contributed by atoms with E-state index in [4.69, 9.17) is 0 Å². The first-order valence-electron chi connectivity index (χ1n) is 4.78. The monoisotopic (exact) mass is 181 g/mol. The molecular weight excluding hydrogens is 162 g/mol. The highest BCUT2D eigenvalue weighted by atomic mass is 15.3. The van der Waals surface area contributed by atoms with E-state index in [1.807, 2.05) is 18.7 Å². The molecule has 1 unspecified atom stereocenters. The van der Waals surface area contributed by atoms with Crippen LogP contribution in [0.1, 0.15) is 26.5 Å². The van der Waals surface area contributed by atoms with E-state index in [0.717, 1.165) is 11.5 Å². The Bertz CT molecular complexity index is 276. The van der Waals surface area contributed by atoms with E-state index in [0.29, 0.717) is 12.0 Å². The summed E-state index contributed by atoms with van der Waals surface area (Å²) in [6.07, 6.45) is 0. The van der Waals surface area contributed by atoms with Crippen molar-refractivity contribution in [1.82, 2.24) is 9.78 Å². The van der Waals surface area contributed by atoms with Gasteiger partial charge >= 0.3 is 0 Å². The van der Waals surface area contributed by atoms with Crippen LogP contribution in [0.3, 0.4) is 0 Å². The molecule has 0 aliphatic heterocycles. The van der Waals surface area contributed by atoms with Gasteiger partial charge in [-0.05, 0) is 19.8 Å². The average Bonchev–Trinajstić information content (AvgIpc) is 2.30. The third kappa shape index (κ3) is 2.47. The lowest BCUT2D eigenvalue weighted by Gasteiger charge is -2.18. The average molecular weight is 181 g/mol. The molecule has 1 heterocycles. The Morgan fingerprint density at radius 3 is 2.38 bits per heavy atom. The van der Waals surface area contributed by atoms with Crippen LogP contribution in [0.4, 0.5) is 5.82 Å². The number of aryl methyl sites for hydroxylation is 2. The van der Waals surface area contributed by atoms with Crippen molar-refractivity contribution in [2.24, 2.45) is 13.0 Å². The molecule has 0 spiro atoms. The Hall–Kier alpha value is -0.990.